The van der Waals surface area contributed by atoms with E-state index in [1.807, 2.05) is 58.2 Å². The quantitative estimate of drug-likeness (QED) is 0.0303. The highest BCUT2D eigenvalue weighted by Crippen LogP contribution is 2.38. The molecule has 10 rings (SSSR count). The Morgan fingerprint density at radius 2 is 1.08 bits per heavy atom. The highest BCUT2D eigenvalue weighted by Gasteiger charge is 2.52. The minimum Gasteiger partial charge on any atom is -0.399 e. The zero-order chi connectivity index (χ0) is 60.4. The zero-order valence-electron chi connectivity index (χ0n) is 46.9. The Morgan fingerprint density at radius 3 is 1.52 bits per heavy atom. The van der Waals surface area contributed by atoms with Crippen molar-refractivity contribution in [2.24, 2.45) is 11.8 Å². The number of rotatable bonds is 19. The van der Waals surface area contributed by atoms with E-state index in [1.54, 1.807) is 85.1 Å². The van der Waals surface area contributed by atoms with Crippen LogP contribution in [0.15, 0.2) is 113 Å². The summed E-state index contributed by atoms with van der Waals surface area (Å²) in [6, 6.07) is 21.7. The van der Waals surface area contributed by atoms with Crippen LogP contribution >= 0.6 is 47.8 Å². The molecular weight excluding hydrogens is 1290 g/mol. The van der Waals surface area contributed by atoms with Gasteiger partial charge in [0.2, 0.25) is 11.8 Å². The standard InChI is InChI=1S/C21H21F2N3O3.C17H21BFN3O3.C10H12BrFO2.C7H6BrFO.C3H7BrO/c1-28-7-8-29-12-16-14(3-2-4-17(16)22)13-5-6-20-24-19(11-26(20)10-13)25-21(27)15-9-18(15)23;1-16(2)17(3,4)25-18(24-16)10-5-6-14-20-13(9-22(14)8-10)21-15(23)11-7-12(11)19;1-13-5-6-14-7-8-9(11)3-2-4-10(8)12;8-6-2-1-3-7(9)5(6)4-10;1-5-3-2-4/h2-6,10-11,15,18H,7-9,12H2,1H3,(H,25,27);5-6,8-9,11-12H,7H2,1-4H3,(H,21,23);2-4H,5-7H2,1H3;1-3,10H,4H2;2-3H2,1H3/t15-,18+;11-,12+;;;/m11.../s1. The normalized spacial score (nSPS) is 17.9. The van der Waals surface area contributed by atoms with E-state index in [2.05, 4.69) is 73.1 Å². The van der Waals surface area contributed by atoms with Crippen LogP contribution in [0.1, 0.15) is 57.2 Å². The third-order valence-corrected chi connectivity index (χ3v) is 15.2. The Balaban J connectivity index is 0.000000184. The van der Waals surface area contributed by atoms with E-state index < -0.39 is 42.5 Å². The van der Waals surface area contributed by atoms with Gasteiger partial charge in [-0.2, -0.15) is 0 Å². The maximum Gasteiger partial charge on any atom is 0.496 e. The number of hydrogen-bond donors (Lipinski definition) is 3. The summed E-state index contributed by atoms with van der Waals surface area (Å²) in [4.78, 5) is 32.4. The first-order valence-corrected chi connectivity index (χ1v) is 29.0. The molecule has 3 aliphatic rings. The number of fused-ring (bicyclic) bond motifs is 2. The molecule has 3 aromatic carbocycles. The fraction of sp³-hybridized carbons (Fsp3) is 0.414. The maximum absolute atomic E-state index is 14.4. The molecule has 1 aliphatic heterocycles. The molecule has 16 nitrogen and oxygen atoms in total. The Kier molecular flexibility index (Phi) is 25.7. The number of pyridine rings is 2. The fourth-order valence-corrected chi connectivity index (χ4v) is 8.99. The molecule has 0 unspecified atom stereocenters. The number of carbonyl (C=O) groups excluding carboxylic acids is 2. The first-order chi connectivity index (χ1) is 39.6. The van der Waals surface area contributed by atoms with Crippen molar-refractivity contribution in [3.05, 3.63) is 147 Å². The number of halogens is 8. The lowest BCUT2D eigenvalue weighted by Gasteiger charge is -2.32. The smallest absolute Gasteiger partial charge is 0.399 e. The summed E-state index contributed by atoms with van der Waals surface area (Å²) in [5.41, 5.74) is 4.15. The van der Waals surface area contributed by atoms with Crippen molar-refractivity contribution in [2.45, 2.75) is 83.9 Å². The van der Waals surface area contributed by atoms with Gasteiger partial charge in [-0.15, -0.1) is 0 Å². The molecule has 3 N–H and O–H groups in total. The van der Waals surface area contributed by atoms with E-state index in [0.29, 0.717) is 82.5 Å². The third kappa shape index (κ3) is 19.2. The van der Waals surface area contributed by atoms with Gasteiger partial charge in [-0.3, -0.25) is 9.59 Å². The van der Waals surface area contributed by atoms with Crippen molar-refractivity contribution in [3.63, 3.8) is 0 Å². The predicted octanol–water partition coefficient (Wildman–Crippen LogP) is 11.4. The summed E-state index contributed by atoms with van der Waals surface area (Å²) in [5.74, 6) is -2.00. The predicted molar refractivity (Wildman–Crippen MR) is 318 cm³/mol. The summed E-state index contributed by atoms with van der Waals surface area (Å²) in [7, 11) is 4.40. The number of amides is 2. The molecule has 7 aromatic rings. The van der Waals surface area contributed by atoms with Gasteiger partial charge in [0.05, 0.1) is 88.3 Å². The first kappa shape index (κ1) is 66.9. The monoisotopic (exact) mass is 1350 g/mol. The summed E-state index contributed by atoms with van der Waals surface area (Å²) in [6.45, 7) is 10.7. The van der Waals surface area contributed by atoms with Gasteiger partial charge in [0.1, 0.15) is 41.1 Å². The summed E-state index contributed by atoms with van der Waals surface area (Å²) in [6.07, 6.45) is 5.51. The average Bonchev–Trinajstić information content (AvgIpc) is 4.30. The van der Waals surface area contributed by atoms with Crippen LogP contribution in [0.2, 0.25) is 0 Å². The number of hydrogen-bond acceptors (Lipinski definition) is 12. The van der Waals surface area contributed by atoms with Crippen LogP contribution in [0.5, 0.6) is 0 Å². The second-order valence-electron chi connectivity index (χ2n) is 20.0. The van der Waals surface area contributed by atoms with E-state index >= 15 is 0 Å². The van der Waals surface area contributed by atoms with Gasteiger partial charge in [-0.05, 0) is 106 Å². The van der Waals surface area contributed by atoms with Crippen LogP contribution in [0.25, 0.3) is 22.4 Å². The summed E-state index contributed by atoms with van der Waals surface area (Å²) < 4.78 is 108. The molecule has 83 heavy (non-hydrogen) atoms. The largest absolute Gasteiger partial charge is 0.496 e. The SMILES string of the molecule is CC1(C)OB(c2ccc3nc(NC(=O)[C@@H]4C[C@@H]4F)cn3c2)OC1(C)C.COCCBr.COCCOCc1c(F)cccc1-c1ccc2nc(NC(=O)[C@@H]3C[C@@H]3F)cn2c1.COCCOCc1c(F)cccc1Br.OCc1c(F)cccc1Br. The Hall–Kier alpha value is -5.19. The van der Waals surface area contributed by atoms with Gasteiger partial charge in [-0.25, -0.2) is 31.9 Å². The van der Waals surface area contributed by atoms with Gasteiger partial charge >= 0.3 is 7.12 Å². The number of anilines is 2. The molecule has 0 radical (unpaired) electrons. The number of benzene rings is 3. The molecule has 0 bridgehead atoms. The van der Waals surface area contributed by atoms with Crippen molar-refractivity contribution in [1.82, 2.24) is 18.8 Å². The number of imidazole rings is 2. The highest BCUT2D eigenvalue weighted by atomic mass is 79.9. The Labute approximate surface area is 504 Å². The van der Waals surface area contributed by atoms with Crippen molar-refractivity contribution in [1.29, 1.82) is 0 Å². The van der Waals surface area contributed by atoms with Gasteiger partial charge in [0.15, 0.2) is 11.6 Å². The zero-order valence-corrected chi connectivity index (χ0v) is 51.7. The van der Waals surface area contributed by atoms with Crippen molar-refractivity contribution in [2.75, 3.05) is 70.3 Å². The van der Waals surface area contributed by atoms with E-state index in [1.165, 1.54) is 18.2 Å². The van der Waals surface area contributed by atoms with Crippen molar-refractivity contribution >= 4 is 95.1 Å². The third-order valence-electron chi connectivity index (χ3n) is 13.4. The minimum absolute atomic E-state index is 0.125. The number of nitrogens with one attached hydrogen (secondary N) is 2. The molecule has 3 fully saturated rings. The molecule has 0 spiro atoms. The van der Waals surface area contributed by atoms with Gasteiger partial charge < -0.3 is 57.5 Å². The number of methoxy groups -OCH3 is 3. The van der Waals surface area contributed by atoms with Crippen LogP contribution in [0.3, 0.4) is 0 Å². The number of aliphatic hydroxyl groups is 1. The van der Waals surface area contributed by atoms with E-state index in [4.69, 9.17) is 33.4 Å². The van der Waals surface area contributed by atoms with Gasteiger partial charge in [-0.1, -0.05) is 78.1 Å². The van der Waals surface area contributed by atoms with E-state index in [-0.39, 0.29) is 55.5 Å². The lowest BCUT2D eigenvalue weighted by atomic mass is 9.80. The molecule has 448 valence electrons. The molecule has 4 atom stereocenters. The van der Waals surface area contributed by atoms with Crippen LogP contribution in [-0.2, 0) is 62.4 Å². The summed E-state index contributed by atoms with van der Waals surface area (Å²) in [5, 5.41) is 14.9. The second-order valence-corrected chi connectivity index (χ2v) is 22.5. The molecular formula is C58H67BBr3F5N6O10. The first-order valence-electron chi connectivity index (χ1n) is 26.3. The molecule has 2 aliphatic carbocycles. The second kappa shape index (κ2) is 31.8. The lowest BCUT2D eigenvalue weighted by molar-refractivity contribution is -0.118. The number of carbonyl (C=O) groups is 2. The molecule has 2 saturated carbocycles. The van der Waals surface area contributed by atoms with Crippen molar-refractivity contribution < 1.29 is 69.6 Å². The molecule has 5 heterocycles. The van der Waals surface area contributed by atoms with Crippen LogP contribution < -0.4 is 16.1 Å². The van der Waals surface area contributed by atoms with Crippen LogP contribution in [0.4, 0.5) is 33.6 Å². The number of aliphatic hydroxyl groups excluding tert-OH is 1. The van der Waals surface area contributed by atoms with Gasteiger partial charge in [0, 0.05) is 64.7 Å². The van der Waals surface area contributed by atoms with E-state index in [0.717, 1.165) is 27.4 Å². The van der Waals surface area contributed by atoms with Crippen molar-refractivity contribution in [3.8, 4) is 11.1 Å². The maximum atomic E-state index is 14.4. The molecule has 4 aromatic heterocycles. The topological polar surface area (TPSA) is 178 Å². The lowest BCUT2D eigenvalue weighted by Crippen LogP contribution is -2.41. The number of ether oxygens (including phenoxy) is 5. The van der Waals surface area contributed by atoms with Gasteiger partial charge in [0.25, 0.3) is 0 Å². The molecule has 25 heteroatoms. The Morgan fingerprint density at radius 1 is 0.639 bits per heavy atom. The molecule has 1 saturated heterocycles. The van der Waals surface area contributed by atoms with Crippen LogP contribution in [-0.4, -0.2) is 126 Å². The average molecular weight is 1350 g/mol. The summed E-state index contributed by atoms with van der Waals surface area (Å²) >= 11 is 9.56. The highest BCUT2D eigenvalue weighted by molar-refractivity contribution is 9.11. The van der Waals surface area contributed by atoms with Crippen LogP contribution in [0, 0.1) is 29.3 Å². The fourth-order valence-electron chi connectivity index (χ4n) is 7.75. The number of alkyl halides is 3. The number of aromatic nitrogens is 4. The minimum atomic E-state index is -1.06. The molecule has 2 amide bonds. The van der Waals surface area contributed by atoms with E-state index in [9.17, 15) is 31.5 Å². The Bertz CT molecular complexity index is 3190. The number of nitrogens with zero attached hydrogens (tertiary/aromatic N) is 4.